The third-order valence-electron chi connectivity index (χ3n) is 3.14. The Labute approximate surface area is 110 Å². The van der Waals surface area contributed by atoms with Gasteiger partial charge < -0.3 is 19.7 Å². The second-order valence-corrected chi connectivity index (χ2v) is 4.42. The Morgan fingerprint density at radius 1 is 1.42 bits per heavy atom. The van der Waals surface area contributed by atoms with Gasteiger partial charge in [0.05, 0.1) is 12.8 Å². The van der Waals surface area contributed by atoms with Crippen molar-refractivity contribution in [2.24, 2.45) is 0 Å². The Bertz CT molecular complexity index is 576. The van der Waals surface area contributed by atoms with E-state index in [0.717, 1.165) is 25.0 Å². The molecule has 1 unspecified atom stereocenters. The van der Waals surface area contributed by atoms with Crippen LogP contribution in [0, 0.1) is 0 Å². The minimum absolute atomic E-state index is 0.0481. The zero-order valence-electron chi connectivity index (χ0n) is 10.6. The van der Waals surface area contributed by atoms with Crippen LogP contribution in [0.1, 0.15) is 24.8 Å². The molecule has 0 spiro atoms. The Hall–Kier alpha value is -2.08. The SMILES string of the molecule is COc1ccc(-c2nc(C3CCCO3)no2)cc1N. The Kier molecular flexibility index (Phi) is 3.08. The summed E-state index contributed by atoms with van der Waals surface area (Å²) in [5, 5.41) is 3.96. The Morgan fingerprint density at radius 2 is 2.32 bits per heavy atom. The predicted molar refractivity (Wildman–Crippen MR) is 68.6 cm³/mol. The van der Waals surface area contributed by atoms with Crippen LogP contribution in [-0.4, -0.2) is 23.9 Å². The van der Waals surface area contributed by atoms with Gasteiger partial charge in [0.25, 0.3) is 5.89 Å². The maximum Gasteiger partial charge on any atom is 0.258 e. The van der Waals surface area contributed by atoms with Gasteiger partial charge >= 0.3 is 0 Å². The molecule has 0 radical (unpaired) electrons. The first-order valence-electron chi connectivity index (χ1n) is 6.17. The second-order valence-electron chi connectivity index (χ2n) is 4.42. The van der Waals surface area contributed by atoms with Gasteiger partial charge in [-0.3, -0.25) is 0 Å². The number of ether oxygens (including phenoxy) is 2. The summed E-state index contributed by atoms with van der Waals surface area (Å²) in [5.41, 5.74) is 7.17. The van der Waals surface area contributed by atoms with Crippen molar-refractivity contribution in [2.45, 2.75) is 18.9 Å². The van der Waals surface area contributed by atoms with Crippen LogP contribution in [0.15, 0.2) is 22.7 Å². The number of rotatable bonds is 3. The van der Waals surface area contributed by atoms with Crippen LogP contribution >= 0.6 is 0 Å². The first kappa shape index (κ1) is 12.0. The lowest BCUT2D eigenvalue weighted by molar-refractivity contribution is 0.103. The fourth-order valence-electron chi connectivity index (χ4n) is 2.13. The molecule has 2 aromatic rings. The van der Waals surface area contributed by atoms with E-state index in [4.69, 9.17) is 19.7 Å². The highest BCUT2D eigenvalue weighted by Gasteiger charge is 2.23. The Morgan fingerprint density at radius 3 is 3.00 bits per heavy atom. The maximum atomic E-state index is 5.86. The molecule has 1 aliphatic rings. The van der Waals surface area contributed by atoms with E-state index in [0.29, 0.717) is 23.2 Å². The van der Waals surface area contributed by atoms with E-state index < -0.39 is 0 Å². The van der Waals surface area contributed by atoms with Gasteiger partial charge in [0.2, 0.25) is 5.82 Å². The zero-order valence-corrected chi connectivity index (χ0v) is 10.6. The monoisotopic (exact) mass is 261 g/mol. The molecule has 2 heterocycles. The van der Waals surface area contributed by atoms with Crippen LogP contribution in [0.2, 0.25) is 0 Å². The van der Waals surface area contributed by atoms with Crippen LogP contribution in [0.3, 0.4) is 0 Å². The summed E-state index contributed by atoms with van der Waals surface area (Å²) in [5.74, 6) is 1.67. The first-order chi connectivity index (χ1) is 9.28. The molecule has 1 aliphatic heterocycles. The van der Waals surface area contributed by atoms with Gasteiger partial charge in [-0.2, -0.15) is 4.98 Å². The standard InChI is InChI=1S/C13H15N3O3/c1-17-10-5-4-8(7-9(10)14)13-15-12(16-19-13)11-3-2-6-18-11/h4-5,7,11H,2-3,6,14H2,1H3. The van der Waals surface area contributed by atoms with Crippen molar-refractivity contribution in [1.82, 2.24) is 10.1 Å². The topological polar surface area (TPSA) is 83.4 Å². The largest absolute Gasteiger partial charge is 0.495 e. The summed E-state index contributed by atoms with van der Waals surface area (Å²) < 4.78 is 15.9. The molecule has 0 amide bonds. The third kappa shape index (κ3) is 2.26. The first-order valence-corrected chi connectivity index (χ1v) is 6.17. The van der Waals surface area contributed by atoms with E-state index in [1.54, 1.807) is 19.2 Å². The number of nitrogens with zero attached hydrogens (tertiary/aromatic N) is 2. The summed E-state index contributed by atoms with van der Waals surface area (Å²) in [6.45, 7) is 0.754. The number of benzene rings is 1. The molecule has 6 nitrogen and oxygen atoms in total. The number of hydrogen-bond acceptors (Lipinski definition) is 6. The smallest absolute Gasteiger partial charge is 0.258 e. The molecular weight excluding hydrogens is 246 g/mol. The van der Waals surface area contributed by atoms with Crippen molar-refractivity contribution in [3.8, 4) is 17.2 Å². The molecule has 0 aliphatic carbocycles. The quantitative estimate of drug-likeness (QED) is 0.852. The van der Waals surface area contributed by atoms with Crippen molar-refractivity contribution in [1.29, 1.82) is 0 Å². The number of nitrogens with two attached hydrogens (primary N) is 1. The highest BCUT2D eigenvalue weighted by molar-refractivity contribution is 5.65. The highest BCUT2D eigenvalue weighted by atomic mass is 16.5. The van der Waals surface area contributed by atoms with Crippen molar-refractivity contribution < 1.29 is 14.0 Å². The van der Waals surface area contributed by atoms with E-state index in [9.17, 15) is 0 Å². The minimum Gasteiger partial charge on any atom is -0.495 e. The molecule has 3 rings (SSSR count). The lowest BCUT2D eigenvalue weighted by atomic mass is 10.2. The minimum atomic E-state index is -0.0481. The van der Waals surface area contributed by atoms with E-state index in [1.165, 1.54) is 0 Å². The van der Waals surface area contributed by atoms with Gasteiger partial charge in [0, 0.05) is 12.2 Å². The van der Waals surface area contributed by atoms with Gasteiger partial charge in [0.1, 0.15) is 11.9 Å². The van der Waals surface area contributed by atoms with Gasteiger partial charge in [-0.1, -0.05) is 5.16 Å². The number of hydrogen-bond donors (Lipinski definition) is 1. The van der Waals surface area contributed by atoms with Crippen molar-refractivity contribution in [3.05, 3.63) is 24.0 Å². The molecule has 100 valence electrons. The molecule has 2 N–H and O–H groups in total. The summed E-state index contributed by atoms with van der Waals surface area (Å²) in [7, 11) is 1.58. The zero-order chi connectivity index (χ0) is 13.2. The van der Waals surface area contributed by atoms with Crippen LogP contribution < -0.4 is 10.5 Å². The molecule has 6 heteroatoms. The number of anilines is 1. The van der Waals surface area contributed by atoms with E-state index >= 15 is 0 Å². The van der Waals surface area contributed by atoms with Crippen LogP contribution in [0.25, 0.3) is 11.5 Å². The van der Waals surface area contributed by atoms with Crippen LogP contribution in [0.5, 0.6) is 5.75 Å². The molecule has 1 fully saturated rings. The molecule has 1 aromatic carbocycles. The summed E-state index contributed by atoms with van der Waals surface area (Å²) in [4.78, 5) is 4.36. The molecule has 19 heavy (non-hydrogen) atoms. The van der Waals surface area contributed by atoms with Crippen molar-refractivity contribution in [2.75, 3.05) is 19.5 Å². The average Bonchev–Trinajstić information content (AvgIpc) is 3.09. The molecule has 1 saturated heterocycles. The number of aromatic nitrogens is 2. The van der Waals surface area contributed by atoms with Crippen molar-refractivity contribution in [3.63, 3.8) is 0 Å². The second kappa shape index (κ2) is 4.89. The molecular formula is C13H15N3O3. The highest BCUT2D eigenvalue weighted by Crippen LogP contribution is 2.30. The van der Waals surface area contributed by atoms with Gasteiger partial charge in [-0.25, -0.2) is 0 Å². The summed E-state index contributed by atoms with van der Waals surface area (Å²) in [6.07, 6.45) is 1.92. The average molecular weight is 261 g/mol. The van der Waals surface area contributed by atoms with Crippen molar-refractivity contribution >= 4 is 5.69 Å². The fourth-order valence-corrected chi connectivity index (χ4v) is 2.13. The molecule has 0 saturated carbocycles. The lowest BCUT2D eigenvalue weighted by Crippen LogP contribution is -1.98. The normalized spacial score (nSPS) is 18.7. The van der Waals surface area contributed by atoms with Gasteiger partial charge in [-0.15, -0.1) is 0 Å². The van der Waals surface area contributed by atoms with E-state index in [1.807, 2.05) is 6.07 Å². The molecule has 0 bridgehead atoms. The Balaban J connectivity index is 1.87. The predicted octanol–water partition coefficient (Wildman–Crippen LogP) is 2.18. The summed E-state index contributed by atoms with van der Waals surface area (Å²) in [6, 6.07) is 5.37. The number of methoxy groups -OCH3 is 1. The van der Waals surface area contributed by atoms with Gasteiger partial charge in [-0.05, 0) is 31.0 Å². The lowest BCUT2D eigenvalue weighted by Gasteiger charge is -2.04. The fraction of sp³-hybridized carbons (Fsp3) is 0.385. The number of nitrogen functional groups attached to an aromatic ring is 1. The van der Waals surface area contributed by atoms with Gasteiger partial charge in [0.15, 0.2) is 0 Å². The maximum absolute atomic E-state index is 5.86. The van der Waals surface area contributed by atoms with E-state index in [2.05, 4.69) is 10.1 Å². The van der Waals surface area contributed by atoms with Crippen LogP contribution in [-0.2, 0) is 4.74 Å². The summed E-state index contributed by atoms with van der Waals surface area (Å²) >= 11 is 0. The molecule has 1 aromatic heterocycles. The van der Waals surface area contributed by atoms with Crippen LogP contribution in [0.4, 0.5) is 5.69 Å². The third-order valence-corrected chi connectivity index (χ3v) is 3.14. The molecule has 1 atom stereocenters. The van der Waals surface area contributed by atoms with E-state index in [-0.39, 0.29) is 6.10 Å².